The molecule has 2 aromatic carbocycles. The molecule has 0 aliphatic carbocycles. The van der Waals surface area contributed by atoms with Gasteiger partial charge in [0, 0.05) is 19.5 Å². The van der Waals surface area contributed by atoms with E-state index in [1.54, 1.807) is 0 Å². The third kappa shape index (κ3) is 6.14. The molecule has 0 aromatic heterocycles. The van der Waals surface area contributed by atoms with E-state index < -0.39 is 0 Å². The van der Waals surface area contributed by atoms with Crippen molar-refractivity contribution in [1.29, 1.82) is 0 Å². The second kappa shape index (κ2) is 11.3. The predicted molar refractivity (Wildman–Crippen MR) is 117 cm³/mol. The molecule has 162 valence electrons. The van der Waals surface area contributed by atoms with Gasteiger partial charge in [-0.3, -0.25) is 9.69 Å². The monoisotopic (exact) mass is 411 g/mol. The van der Waals surface area contributed by atoms with E-state index in [1.165, 1.54) is 11.1 Å². The average molecular weight is 412 g/mol. The molecule has 2 saturated heterocycles. The van der Waals surface area contributed by atoms with E-state index in [9.17, 15) is 4.79 Å². The molecule has 0 amide bonds. The number of nitrogens with zero attached hydrogens (tertiary/aromatic N) is 1. The molecular weight excluding hydrogens is 378 g/mol. The summed E-state index contributed by atoms with van der Waals surface area (Å²) in [6.45, 7) is 3.26. The second-order valence-corrected chi connectivity index (χ2v) is 7.79. The van der Waals surface area contributed by atoms with Crippen LogP contribution in [0.1, 0.15) is 43.9 Å². The van der Waals surface area contributed by atoms with Crippen LogP contribution in [0.4, 0.5) is 0 Å². The predicted octanol–water partition coefficient (Wildman–Crippen LogP) is 4.23. The number of hydrogen-bond acceptors (Lipinski definition) is 5. The van der Waals surface area contributed by atoms with Crippen molar-refractivity contribution in [2.45, 2.75) is 45.0 Å². The second-order valence-electron chi connectivity index (χ2n) is 7.79. The van der Waals surface area contributed by atoms with Gasteiger partial charge >= 0.3 is 5.97 Å². The first-order chi connectivity index (χ1) is 14.3. The molecule has 2 aliphatic heterocycles. The van der Waals surface area contributed by atoms with Gasteiger partial charge in [-0.1, -0.05) is 68.1 Å². The van der Waals surface area contributed by atoms with Crippen LogP contribution in [0.25, 0.3) is 0 Å². The minimum atomic E-state index is -0.147. The molecule has 0 radical (unpaired) electrons. The molecule has 1 atom stereocenters. The number of ether oxygens (including phenoxy) is 3. The van der Waals surface area contributed by atoms with E-state index in [4.69, 9.17) is 14.2 Å². The van der Waals surface area contributed by atoms with Crippen molar-refractivity contribution in [3.63, 3.8) is 0 Å². The molecule has 1 unspecified atom stereocenters. The molecule has 0 saturated carbocycles. The van der Waals surface area contributed by atoms with E-state index in [2.05, 4.69) is 53.4 Å². The highest BCUT2D eigenvalue weighted by Gasteiger charge is 2.27. The van der Waals surface area contributed by atoms with Gasteiger partial charge in [0.1, 0.15) is 12.2 Å². The number of carbonyl (C=O) groups excluding carboxylic acids is 1. The van der Waals surface area contributed by atoms with Gasteiger partial charge in [-0.25, -0.2) is 0 Å². The summed E-state index contributed by atoms with van der Waals surface area (Å²) in [5.74, 6) is -0.147. The first-order valence-electron chi connectivity index (χ1n) is 10.5. The van der Waals surface area contributed by atoms with Crippen LogP contribution >= 0.6 is 0 Å². The third-order valence-electron chi connectivity index (χ3n) is 5.61. The first kappa shape index (κ1) is 22.5. The van der Waals surface area contributed by atoms with Gasteiger partial charge < -0.3 is 14.2 Å². The summed E-state index contributed by atoms with van der Waals surface area (Å²) in [7, 11) is 0. The lowest BCUT2D eigenvalue weighted by molar-refractivity contribution is -0.151. The Morgan fingerprint density at radius 3 is 2.07 bits per heavy atom. The molecule has 4 rings (SSSR count). The molecule has 5 heteroatoms. The number of hydrogen-bond donors (Lipinski definition) is 0. The van der Waals surface area contributed by atoms with Crippen molar-refractivity contribution in [3.8, 4) is 0 Å². The zero-order valence-corrected chi connectivity index (χ0v) is 16.7. The molecule has 2 aliphatic rings. The van der Waals surface area contributed by atoms with Crippen LogP contribution in [0.3, 0.4) is 0 Å². The topological polar surface area (TPSA) is 48.0 Å². The molecule has 5 nitrogen and oxygen atoms in total. The molecule has 2 aromatic rings. The van der Waals surface area contributed by atoms with Gasteiger partial charge in [0.15, 0.2) is 0 Å². The van der Waals surface area contributed by atoms with Crippen LogP contribution in [0.2, 0.25) is 0 Å². The zero-order valence-electron chi connectivity index (χ0n) is 16.7. The smallest absolute Gasteiger partial charge is 0.320 e. The van der Waals surface area contributed by atoms with Crippen LogP contribution in [0, 0.1) is 0 Å². The highest BCUT2D eigenvalue weighted by Crippen LogP contribution is 2.30. The summed E-state index contributed by atoms with van der Waals surface area (Å²) >= 11 is 0. The highest BCUT2D eigenvalue weighted by atomic mass is 16.6. The Labute approximate surface area is 179 Å². The van der Waals surface area contributed by atoms with Gasteiger partial charge in [0.2, 0.25) is 0 Å². The Hall–Kier alpha value is -2.21. The Balaban J connectivity index is 0.00000256. The number of carbonyl (C=O) groups is 1. The molecule has 0 spiro atoms. The third-order valence-corrected chi connectivity index (χ3v) is 5.61. The Morgan fingerprint density at radius 1 is 0.933 bits per heavy atom. The van der Waals surface area contributed by atoms with Gasteiger partial charge in [-0.05, 0) is 24.0 Å². The fourth-order valence-corrected chi connectivity index (χ4v) is 4.01. The maximum Gasteiger partial charge on any atom is 0.320 e. The lowest BCUT2D eigenvalue weighted by Gasteiger charge is -2.33. The fourth-order valence-electron chi connectivity index (χ4n) is 4.01. The van der Waals surface area contributed by atoms with Crippen LogP contribution in [0.5, 0.6) is 0 Å². The average Bonchev–Trinajstić information content (AvgIpc) is 3.27. The summed E-state index contributed by atoms with van der Waals surface area (Å²) < 4.78 is 17.3. The number of likely N-dealkylation sites (tertiary alicyclic amines) is 1. The lowest BCUT2D eigenvalue weighted by atomic mass is 10.00. The molecule has 2 heterocycles. The number of benzene rings is 2. The van der Waals surface area contributed by atoms with Crippen molar-refractivity contribution >= 4 is 5.97 Å². The van der Waals surface area contributed by atoms with Gasteiger partial charge in [-0.2, -0.15) is 0 Å². The number of piperidine rings is 1. The van der Waals surface area contributed by atoms with Crippen molar-refractivity contribution in [2.75, 3.05) is 32.8 Å². The minimum absolute atomic E-state index is 0. The lowest BCUT2D eigenvalue weighted by Crippen LogP contribution is -2.41. The van der Waals surface area contributed by atoms with Crippen molar-refractivity contribution < 1.29 is 19.0 Å². The van der Waals surface area contributed by atoms with Gasteiger partial charge in [0.25, 0.3) is 0 Å². The van der Waals surface area contributed by atoms with Gasteiger partial charge in [-0.15, -0.1) is 0 Å². The minimum Gasteiger partial charge on any atom is -0.459 e. The standard InChI is InChI=1S/C24H29NO4.CH4/c26-23(28-22-13-16-27-18-22)17-25-14-11-21(12-15-25)29-24(19-7-3-1-4-8-19)20-9-5-2-6-10-20;/h1-10,21-22,24H,11-18H2;1H4. The summed E-state index contributed by atoms with van der Waals surface area (Å²) in [5, 5.41) is 0. The summed E-state index contributed by atoms with van der Waals surface area (Å²) in [5.41, 5.74) is 2.34. The summed E-state index contributed by atoms with van der Waals surface area (Å²) in [6.07, 6.45) is 2.67. The normalized spacial score (nSPS) is 20.1. The number of rotatable bonds is 7. The van der Waals surface area contributed by atoms with Crippen LogP contribution in [-0.2, 0) is 19.0 Å². The van der Waals surface area contributed by atoms with E-state index in [0.29, 0.717) is 19.8 Å². The first-order valence-corrected chi connectivity index (χ1v) is 10.5. The van der Waals surface area contributed by atoms with Crippen LogP contribution in [0.15, 0.2) is 60.7 Å². The largest absolute Gasteiger partial charge is 0.459 e. The van der Waals surface area contributed by atoms with E-state index in [0.717, 1.165) is 32.4 Å². The highest BCUT2D eigenvalue weighted by molar-refractivity contribution is 5.71. The van der Waals surface area contributed by atoms with Crippen LogP contribution < -0.4 is 0 Å². The summed E-state index contributed by atoms with van der Waals surface area (Å²) in [6, 6.07) is 20.8. The van der Waals surface area contributed by atoms with Crippen molar-refractivity contribution in [3.05, 3.63) is 71.8 Å². The molecule has 2 fully saturated rings. The molecule has 0 N–H and O–H groups in total. The Bertz CT molecular complexity index is 714. The van der Waals surface area contributed by atoms with E-state index in [-0.39, 0.29) is 31.7 Å². The van der Waals surface area contributed by atoms with E-state index in [1.807, 2.05) is 12.1 Å². The summed E-state index contributed by atoms with van der Waals surface area (Å²) in [4.78, 5) is 14.3. The molecule has 0 bridgehead atoms. The van der Waals surface area contributed by atoms with Crippen molar-refractivity contribution in [2.24, 2.45) is 0 Å². The maximum atomic E-state index is 12.1. The fraction of sp³-hybridized carbons (Fsp3) is 0.480. The molecular formula is C25H33NO4. The van der Waals surface area contributed by atoms with E-state index >= 15 is 0 Å². The van der Waals surface area contributed by atoms with Crippen LogP contribution in [-0.4, -0.2) is 55.9 Å². The molecule has 30 heavy (non-hydrogen) atoms. The van der Waals surface area contributed by atoms with Crippen molar-refractivity contribution in [1.82, 2.24) is 4.90 Å². The zero-order chi connectivity index (χ0) is 19.9. The SMILES string of the molecule is C.O=C(CN1CCC(OC(c2ccccc2)c2ccccc2)CC1)OC1CCOC1. The Kier molecular flexibility index (Phi) is 8.43. The number of esters is 1. The quantitative estimate of drug-likeness (QED) is 0.639. The van der Waals surface area contributed by atoms with Gasteiger partial charge in [0.05, 0.1) is 25.9 Å². The maximum absolute atomic E-state index is 12.1. The Morgan fingerprint density at radius 2 is 1.53 bits per heavy atom.